The molecule has 0 atom stereocenters. The SMILES string of the molecule is CCN(CC)c1ccc(CNc2ccc(NC(=O)C(C)C)cc2)cc1. The minimum absolute atomic E-state index is 0.0166. The highest BCUT2D eigenvalue weighted by Crippen LogP contribution is 2.18. The molecule has 25 heavy (non-hydrogen) atoms. The smallest absolute Gasteiger partial charge is 0.226 e. The topological polar surface area (TPSA) is 44.4 Å². The van der Waals surface area contributed by atoms with Crippen molar-refractivity contribution in [2.75, 3.05) is 28.6 Å². The molecular weight excluding hydrogens is 310 g/mol. The highest BCUT2D eigenvalue weighted by molar-refractivity contribution is 5.92. The average Bonchev–Trinajstić information content (AvgIpc) is 2.63. The van der Waals surface area contributed by atoms with Gasteiger partial charge < -0.3 is 15.5 Å². The van der Waals surface area contributed by atoms with E-state index in [1.165, 1.54) is 11.3 Å². The molecule has 0 aliphatic rings. The molecule has 0 aliphatic carbocycles. The highest BCUT2D eigenvalue weighted by atomic mass is 16.1. The molecule has 0 heterocycles. The Morgan fingerprint density at radius 2 is 1.48 bits per heavy atom. The molecule has 2 rings (SSSR count). The molecule has 0 spiro atoms. The van der Waals surface area contributed by atoms with Gasteiger partial charge in [-0.25, -0.2) is 0 Å². The molecule has 4 heteroatoms. The van der Waals surface area contributed by atoms with Crippen LogP contribution >= 0.6 is 0 Å². The summed E-state index contributed by atoms with van der Waals surface area (Å²) >= 11 is 0. The number of benzene rings is 2. The summed E-state index contributed by atoms with van der Waals surface area (Å²) in [6, 6.07) is 16.5. The van der Waals surface area contributed by atoms with E-state index in [1.54, 1.807) is 0 Å². The van der Waals surface area contributed by atoms with Gasteiger partial charge in [0.2, 0.25) is 5.91 Å². The molecule has 0 fully saturated rings. The van der Waals surface area contributed by atoms with Crippen LogP contribution in [0, 0.1) is 5.92 Å². The molecule has 0 radical (unpaired) electrons. The van der Waals surface area contributed by atoms with E-state index >= 15 is 0 Å². The van der Waals surface area contributed by atoms with Crippen LogP contribution in [0.3, 0.4) is 0 Å². The number of anilines is 3. The first-order valence-electron chi connectivity index (χ1n) is 9.02. The van der Waals surface area contributed by atoms with Crippen LogP contribution in [0.4, 0.5) is 17.1 Å². The Labute approximate surface area is 151 Å². The monoisotopic (exact) mass is 339 g/mol. The van der Waals surface area contributed by atoms with E-state index in [0.717, 1.165) is 31.0 Å². The van der Waals surface area contributed by atoms with Gasteiger partial charge in [-0.15, -0.1) is 0 Å². The van der Waals surface area contributed by atoms with Crippen molar-refractivity contribution >= 4 is 23.0 Å². The third-order valence-electron chi connectivity index (χ3n) is 4.24. The van der Waals surface area contributed by atoms with Gasteiger partial charge in [0.15, 0.2) is 0 Å². The van der Waals surface area contributed by atoms with Crippen LogP contribution in [-0.2, 0) is 11.3 Å². The van der Waals surface area contributed by atoms with Crippen molar-refractivity contribution in [3.05, 3.63) is 54.1 Å². The number of nitrogens with one attached hydrogen (secondary N) is 2. The maximum atomic E-state index is 11.7. The lowest BCUT2D eigenvalue weighted by Crippen LogP contribution is -2.21. The second-order valence-corrected chi connectivity index (χ2v) is 6.41. The summed E-state index contributed by atoms with van der Waals surface area (Å²) in [6.45, 7) is 10.9. The standard InChI is InChI=1S/C21H29N3O/c1-5-24(6-2)20-13-7-17(8-14-20)15-22-18-9-11-19(12-10-18)23-21(25)16(3)4/h7-14,16,22H,5-6,15H2,1-4H3,(H,23,25). The van der Waals surface area contributed by atoms with Gasteiger partial charge in [-0.2, -0.15) is 0 Å². The molecule has 134 valence electrons. The molecule has 1 amide bonds. The maximum absolute atomic E-state index is 11.7. The van der Waals surface area contributed by atoms with Crippen molar-refractivity contribution in [3.8, 4) is 0 Å². The number of amides is 1. The zero-order chi connectivity index (χ0) is 18.2. The zero-order valence-electron chi connectivity index (χ0n) is 15.7. The number of rotatable bonds is 8. The molecule has 2 aromatic rings. The van der Waals surface area contributed by atoms with Crippen LogP contribution in [0.15, 0.2) is 48.5 Å². The van der Waals surface area contributed by atoms with E-state index in [9.17, 15) is 4.79 Å². The first kappa shape index (κ1) is 18.8. The van der Waals surface area contributed by atoms with Gasteiger partial charge in [0, 0.05) is 42.6 Å². The van der Waals surface area contributed by atoms with Gasteiger partial charge in [-0.1, -0.05) is 26.0 Å². The minimum atomic E-state index is -0.0166. The highest BCUT2D eigenvalue weighted by Gasteiger charge is 2.06. The fourth-order valence-electron chi connectivity index (χ4n) is 2.58. The van der Waals surface area contributed by atoms with Crippen LogP contribution in [0.5, 0.6) is 0 Å². The quantitative estimate of drug-likeness (QED) is 0.730. The second kappa shape index (κ2) is 9.11. The first-order chi connectivity index (χ1) is 12.0. The average molecular weight is 339 g/mol. The summed E-state index contributed by atoms with van der Waals surface area (Å²) in [7, 11) is 0. The normalized spacial score (nSPS) is 10.6. The summed E-state index contributed by atoms with van der Waals surface area (Å²) in [6.07, 6.45) is 0. The summed E-state index contributed by atoms with van der Waals surface area (Å²) in [5.41, 5.74) is 4.37. The van der Waals surface area contributed by atoms with Crippen LogP contribution in [-0.4, -0.2) is 19.0 Å². The summed E-state index contributed by atoms with van der Waals surface area (Å²) in [5, 5.41) is 6.31. The van der Waals surface area contributed by atoms with E-state index in [-0.39, 0.29) is 11.8 Å². The Morgan fingerprint density at radius 1 is 0.920 bits per heavy atom. The van der Waals surface area contributed by atoms with E-state index in [0.29, 0.717) is 0 Å². The number of carbonyl (C=O) groups is 1. The molecule has 0 unspecified atom stereocenters. The molecule has 0 aliphatic heterocycles. The van der Waals surface area contributed by atoms with Crippen LogP contribution in [0.2, 0.25) is 0 Å². The van der Waals surface area contributed by atoms with E-state index in [2.05, 4.69) is 53.6 Å². The third kappa shape index (κ3) is 5.52. The van der Waals surface area contributed by atoms with Crippen LogP contribution in [0.25, 0.3) is 0 Å². The lowest BCUT2D eigenvalue weighted by atomic mass is 10.1. The molecule has 2 aromatic carbocycles. The Morgan fingerprint density at radius 3 is 2.00 bits per heavy atom. The van der Waals surface area contributed by atoms with Gasteiger partial charge in [0.1, 0.15) is 0 Å². The van der Waals surface area contributed by atoms with E-state index in [4.69, 9.17) is 0 Å². The zero-order valence-corrected chi connectivity index (χ0v) is 15.7. The lowest BCUT2D eigenvalue weighted by molar-refractivity contribution is -0.118. The largest absolute Gasteiger partial charge is 0.381 e. The first-order valence-corrected chi connectivity index (χ1v) is 9.02. The molecule has 0 saturated carbocycles. The number of hydrogen-bond donors (Lipinski definition) is 2. The number of carbonyl (C=O) groups excluding carboxylic acids is 1. The third-order valence-corrected chi connectivity index (χ3v) is 4.24. The fourth-order valence-corrected chi connectivity index (χ4v) is 2.58. The summed E-state index contributed by atoms with van der Waals surface area (Å²) in [5.74, 6) is 0.0196. The van der Waals surface area contributed by atoms with Gasteiger partial charge in [0.05, 0.1) is 0 Å². The summed E-state index contributed by atoms with van der Waals surface area (Å²) in [4.78, 5) is 14.0. The predicted molar refractivity (Wildman–Crippen MR) is 107 cm³/mol. The fraction of sp³-hybridized carbons (Fsp3) is 0.381. The maximum Gasteiger partial charge on any atom is 0.226 e. The van der Waals surface area contributed by atoms with E-state index in [1.807, 2.05) is 38.1 Å². The Hall–Kier alpha value is -2.49. The van der Waals surface area contributed by atoms with Gasteiger partial charge in [-0.3, -0.25) is 4.79 Å². The minimum Gasteiger partial charge on any atom is -0.381 e. The van der Waals surface area contributed by atoms with E-state index < -0.39 is 0 Å². The molecular formula is C21H29N3O. The molecule has 0 aromatic heterocycles. The van der Waals surface area contributed by atoms with Gasteiger partial charge in [0.25, 0.3) is 0 Å². The predicted octanol–water partition coefficient (Wildman–Crippen LogP) is 4.74. The van der Waals surface area contributed by atoms with Crippen LogP contribution < -0.4 is 15.5 Å². The van der Waals surface area contributed by atoms with Gasteiger partial charge >= 0.3 is 0 Å². The molecule has 0 bridgehead atoms. The number of hydrogen-bond acceptors (Lipinski definition) is 3. The van der Waals surface area contributed by atoms with Crippen molar-refractivity contribution in [3.63, 3.8) is 0 Å². The number of nitrogens with zero attached hydrogens (tertiary/aromatic N) is 1. The molecule has 4 nitrogen and oxygen atoms in total. The van der Waals surface area contributed by atoms with Crippen molar-refractivity contribution < 1.29 is 4.79 Å². The van der Waals surface area contributed by atoms with Crippen LogP contribution in [0.1, 0.15) is 33.3 Å². The Kier molecular flexibility index (Phi) is 6.87. The lowest BCUT2D eigenvalue weighted by Gasteiger charge is -2.21. The van der Waals surface area contributed by atoms with Crippen molar-refractivity contribution in [2.45, 2.75) is 34.2 Å². The molecule has 2 N–H and O–H groups in total. The van der Waals surface area contributed by atoms with Crippen molar-refractivity contribution in [1.82, 2.24) is 0 Å². The van der Waals surface area contributed by atoms with Crippen molar-refractivity contribution in [1.29, 1.82) is 0 Å². The summed E-state index contributed by atoms with van der Waals surface area (Å²) < 4.78 is 0. The second-order valence-electron chi connectivity index (χ2n) is 6.41. The Bertz CT molecular complexity index is 659. The van der Waals surface area contributed by atoms with Gasteiger partial charge in [-0.05, 0) is 55.8 Å². The Balaban J connectivity index is 1.89. The van der Waals surface area contributed by atoms with Crippen molar-refractivity contribution in [2.24, 2.45) is 5.92 Å². The molecule has 0 saturated heterocycles.